The van der Waals surface area contributed by atoms with Gasteiger partial charge in [0.25, 0.3) is 0 Å². The first-order chi connectivity index (χ1) is 13.8. The van der Waals surface area contributed by atoms with Gasteiger partial charge in [-0.1, -0.05) is 23.2 Å². The maximum absolute atomic E-state index is 12.9. The minimum absolute atomic E-state index is 0.0186. The van der Waals surface area contributed by atoms with Crippen LogP contribution in [0.2, 0.25) is 10.0 Å². The van der Waals surface area contributed by atoms with Crippen LogP contribution >= 0.6 is 23.2 Å². The molecule has 4 rings (SSSR count). The summed E-state index contributed by atoms with van der Waals surface area (Å²) in [5.74, 6) is 0.784. The van der Waals surface area contributed by atoms with E-state index in [0.29, 0.717) is 35.1 Å². The summed E-state index contributed by atoms with van der Waals surface area (Å²) in [6.07, 6.45) is 0.821. The van der Waals surface area contributed by atoms with Gasteiger partial charge < -0.3 is 14.8 Å². The number of carbonyl (C=O) groups is 1. The number of hydrogen-bond acceptors (Lipinski definition) is 5. The fourth-order valence-electron chi connectivity index (χ4n) is 3.39. The minimum Gasteiger partial charge on any atom is -0.454 e. The maximum Gasteiger partial charge on any atom is 0.244 e. The summed E-state index contributed by atoms with van der Waals surface area (Å²) in [7, 11) is -3.78. The van der Waals surface area contributed by atoms with Gasteiger partial charge in [0.1, 0.15) is 4.90 Å². The molecule has 1 N–H and O–H groups in total. The third-order valence-corrected chi connectivity index (χ3v) is 7.59. The topological polar surface area (TPSA) is 84.9 Å². The van der Waals surface area contributed by atoms with Crippen LogP contribution in [0.4, 0.5) is 5.69 Å². The van der Waals surface area contributed by atoms with Crippen molar-refractivity contribution in [3.63, 3.8) is 0 Å². The quantitative estimate of drug-likeness (QED) is 0.756. The van der Waals surface area contributed by atoms with Gasteiger partial charge in [-0.15, -0.1) is 0 Å². The predicted octanol–water partition coefficient (Wildman–Crippen LogP) is 3.76. The molecule has 2 aromatic carbocycles. The van der Waals surface area contributed by atoms with E-state index in [2.05, 4.69) is 5.32 Å². The Kier molecular flexibility index (Phi) is 5.61. The Morgan fingerprint density at radius 1 is 1.03 bits per heavy atom. The molecule has 1 amide bonds. The van der Waals surface area contributed by atoms with E-state index in [1.54, 1.807) is 18.2 Å². The maximum atomic E-state index is 12.9. The summed E-state index contributed by atoms with van der Waals surface area (Å²) < 4.78 is 37.7. The molecule has 0 unspecified atom stereocenters. The zero-order chi connectivity index (χ0) is 20.6. The molecule has 29 heavy (non-hydrogen) atoms. The van der Waals surface area contributed by atoms with E-state index in [1.165, 1.54) is 22.5 Å². The number of rotatable bonds is 4. The molecule has 0 spiro atoms. The van der Waals surface area contributed by atoms with Crippen LogP contribution in [0.3, 0.4) is 0 Å². The monoisotopic (exact) mass is 456 g/mol. The van der Waals surface area contributed by atoms with Crippen LogP contribution in [0.15, 0.2) is 41.3 Å². The molecule has 0 saturated carbocycles. The Morgan fingerprint density at radius 2 is 1.76 bits per heavy atom. The Hall–Kier alpha value is -2.00. The van der Waals surface area contributed by atoms with Crippen LogP contribution in [-0.4, -0.2) is 38.5 Å². The number of fused-ring (bicyclic) bond motifs is 1. The summed E-state index contributed by atoms with van der Waals surface area (Å²) >= 11 is 12.0. The van der Waals surface area contributed by atoms with Gasteiger partial charge in [0, 0.05) is 35.8 Å². The molecule has 2 aromatic rings. The molecule has 10 heteroatoms. The number of amides is 1. The highest BCUT2D eigenvalue weighted by Crippen LogP contribution is 2.35. The standard InChI is InChI=1S/C19H18Cl2N2O5S/c20-13-1-3-15(21)18(9-13)29(25,26)23-7-5-12(6-8-23)19(24)22-14-2-4-16-17(10-14)28-11-27-16/h1-4,9-10,12H,5-8,11H2,(H,22,24). The second-order valence-corrected chi connectivity index (χ2v) is 9.56. The predicted molar refractivity (Wildman–Crippen MR) is 109 cm³/mol. The Bertz CT molecular complexity index is 1050. The van der Waals surface area contributed by atoms with E-state index in [4.69, 9.17) is 32.7 Å². The van der Waals surface area contributed by atoms with Gasteiger partial charge in [-0.05, 0) is 43.2 Å². The molecule has 154 valence electrons. The largest absolute Gasteiger partial charge is 0.454 e. The van der Waals surface area contributed by atoms with E-state index < -0.39 is 10.0 Å². The second-order valence-electron chi connectivity index (χ2n) is 6.81. The Labute approximate surface area is 178 Å². The molecule has 7 nitrogen and oxygen atoms in total. The molecule has 0 bridgehead atoms. The van der Waals surface area contributed by atoms with Crippen LogP contribution in [0.5, 0.6) is 11.5 Å². The Balaban J connectivity index is 1.40. The lowest BCUT2D eigenvalue weighted by atomic mass is 9.97. The highest BCUT2D eigenvalue weighted by Gasteiger charge is 2.33. The number of carbonyl (C=O) groups excluding carboxylic acids is 1. The molecule has 2 aliphatic rings. The zero-order valence-corrected chi connectivity index (χ0v) is 17.6. The lowest BCUT2D eigenvalue weighted by Gasteiger charge is -2.30. The van der Waals surface area contributed by atoms with Crippen molar-refractivity contribution in [3.05, 3.63) is 46.4 Å². The number of hydrogen-bond donors (Lipinski definition) is 1. The van der Waals surface area contributed by atoms with Crippen molar-refractivity contribution in [2.75, 3.05) is 25.2 Å². The van der Waals surface area contributed by atoms with E-state index in [-0.39, 0.29) is 41.6 Å². The molecule has 0 aromatic heterocycles. The van der Waals surface area contributed by atoms with E-state index >= 15 is 0 Å². The lowest BCUT2D eigenvalue weighted by Crippen LogP contribution is -2.41. The van der Waals surface area contributed by atoms with Crippen molar-refractivity contribution < 1.29 is 22.7 Å². The third-order valence-electron chi connectivity index (χ3n) is 4.98. The molecule has 1 fully saturated rings. The molecular formula is C19H18Cl2N2O5S. The average Bonchev–Trinajstić information content (AvgIpc) is 3.17. The minimum atomic E-state index is -3.78. The zero-order valence-electron chi connectivity index (χ0n) is 15.2. The molecular weight excluding hydrogens is 439 g/mol. The van der Waals surface area contributed by atoms with Gasteiger partial charge in [-0.2, -0.15) is 4.31 Å². The summed E-state index contributed by atoms with van der Waals surface area (Å²) in [6, 6.07) is 9.53. The number of piperidine rings is 1. The second kappa shape index (κ2) is 8.02. The smallest absolute Gasteiger partial charge is 0.244 e. The number of halogens is 2. The first-order valence-electron chi connectivity index (χ1n) is 9.00. The molecule has 0 aliphatic carbocycles. The van der Waals surface area contributed by atoms with Crippen LogP contribution < -0.4 is 14.8 Å². The lowest BCUT2D eigenvalue weighted by molar-refractivity contribution is -0.120. The van der Waals surface area contributed by atoms with E-state index in [1.807, 2.05) is 0 Å². The number of ether oxygens (including phenoxy) is 2. The summed E-state index contributed by atoms with van der Waals surface area (Å²) in [6.45, 7) is 0.616. The van der Waals surface area contributed by atoms with Gasteiger partial charge in [0.05, 0.1) is 5.02 Å². The fraction of sp³-hybridized carbons (Fsp3) is 0.316. The van der Waals surface area contributed by atoms with Gasteiger partial charge in [-0.25, -0.2) is 8.42 Å². The van der Waals surface area contributed by atoms with Crippen LogP contribution in [0.1, 0.15) is 12.8 Å². The highest BCUT2D eigenvalue weighted by atomic mass is 35.5. The molecule has 0 radical (unpaired) electrons. The van der Waals surface area contributed by atoms with Gasteiger partial charge in [-0.3, -0.25) is 4.79 Å². The number of nitrogens with one attached hydrogen (secondary N) is 1. The van der Waals surface area contributed by atoms with Crippen molar-refractivity contribution in [1.29, 1.82) is 0 Å². The third kappa shape index (κ3) is 4.16. The number of sulfonamides is 1. The van der Waals surface area contributed by atoms with Gasteiger partial charge >= 0.3 is 0 Å². The van der Waals surface area contributed by atoms with E-state index in [9.17, 15) is 13.2 Å². The first-order valence-corrected chi connectivity index (χ1v) is 11.2. The van der Waals surface area contributed by atoms with Crippen LogP contribution in [0.25, 0.3) is 0 Å². The van der Waals surface area contributed by atoms with Crippen molar-refractivity contribution in [2.24, 2.45) is 5.92 Å². The average molecular weight is 457 g/mol. The summed E-state index contributed by atoms with van der Waals surface area (Å²) in [4.78, 5) is 12.6. The molecule has 0 atom stereocenters. The molecule has 1 saturated heterocycles. The van der Waals surface area contributed by atoms with Crippen molar-refractivity contribution in [3.8, 4) is 11.5 Å². The normalized spacial score (nSPS) is 17.3. The Morgan fingerprint density at radius 3 is 2.52 bits per heavy atom. The van der Waals surface area contributed by atoms with Gasteiger partial charge in [0.2, 0.25) is 22.7 Å². The highest BCUT2D eigenvalue weighted by molar-refractivity contribution is 7.89. The first kappa shape index (κ1) is 20.3. The van der Waals surface area contributed by atoms with Crippen LogP contribution in [-0.2, 0) is 14.8 Å². The number of benzene rings is 2. The van der Waals surface area contributed by atoms with Crippen molar-refractivity contribution >= 4 is 44.8 Å². The summed E-state index contributed by atoms with van der Waals surface area (Å²) in [5, 5.41) is 3.28. The molecule has 2 aliphatic heterocycles. The molecule has 2 heterocycles. The number of nitrogens with zero attached hydrogens (tertiary/aromatic N) is 1. The van der Waals surface area contributed by atoms with Crippen molar-refractivity contribution in [2.45, 2.75) is 17.7 Å². The van der Waals surface area contributed by atoms with Crippen molar-refractivity contribution in [1.82, 2.24) is 4.31 Å². The SMILES string of the molecule is O=C(Nc1ccc2c(c1)OCO2)C1CCN(S(=O)(=O)c2cc(Cl)ccc2Cl)CC1. The number of anilines is 1. The van der Waals surface area contributed by atoms with E-state index in [0.717, 1.165) is 0 Å². The summed E-state index contributed by atoms with van der Waals surface area (Å²) in [5.41, 5.74) is 0.611. The fourth-order valence-corrected chi connectivity index (χ4v) is 5.60. The van der Waals surface area contributed by atoms with Crippen LogP contribution in [0, 0.1) is 5.92 Å². The van der Waals surface area contributed by atoms with Gasteiger partial charge in [0.15, 0.2) is 11.5 Å².